The molecule has 3 heteroatoms. The van der Waals surface area contributed by atoms with Gasteiger partial charge in [-0.15, -0.1) is 0 Å². The summed E-state index contributed by atoms with van der Waals surface area (Å²) in [6.45, 7) is 3.75. The number of nitrogens with zero attached hydrogens (tertiary/aromatic N) is 1. The summed E-state index contributed by atoms with van der Waals surface area (Å²) in [7, 11) is 0. The summed E-state index contributed by atoms with van der Waals surface area (Å²) in [4.78, 5) is 4.09. The summed E-state index contributed by atoms with van der Waals surface area (Å²) in [6.07, 6.45) is 2.03. The maximum atomic E-state index is 5.16. The van der Waals surface area contributed by atoms with Gasteiger partial charge < -0.3 is 9.64 Å². The zero-order valence-electron chi connectivity index (χ0n) is 5.22. The highest BCUT2D eigenvalue weighted by molar-refractivity contribution is 9.11. The molecule has 1 heterocycles. The van der Waals surface area contributed by atoms with Gasteiger partial charge in [-0.2, -0.15) is 0 Å². The summed E-state index contributed by atoms with van der Waals surface area (Å²) >= 11 is 3.22. The van der Waals surface area contributed by atoms with Gasteiger partial charge in [-0.1, -0.05) is 15.9 Å². The summed E-state index contributed by atoms with van der Waals surface area (Å²) < 4.78 is 5.16. The van der Waals surface area contributed by atoms with Crippen molar-refractivity contribution in [3.05, 3.63) is 11.2 Å². The molecular formula is C6H10BrNO. The van der Waals surface area contributed by atoms with Crippen LogP contribution in [0.1, 0.15) is 0 Å². The fourth-order valence-corrected chi connectivity index (χ4v) is 1.14. The van der Waals surface area contributed by atoms with Gasteiger partial charge in [-0.3, -0.25) is 0 Å². The Morgan fingerprint density at radius 2 is 2.00 bits per heavy atom. The van der Waals surface area contributed by atoms with Gasteiger partial charge in [0.2, 0.25) is 0 Å². The van der Waals surface area contributed by atoms with E-state index in [0.717, 1.165) is 26.3 Å². The van der Waals surface area contributed by atoms with E-state index in [1.54, 1.807) is 0 Å². The van der Waals surface area contributed by atoms with Crippen LogP contribution >= 0.6 is 15.9 Å². The van der Waals surface area contributed by atoms with E-state index in [1.165, 1.54) is 0 Å². The SMILES string of the molecule is BrC=CN1CCOCC1. The lowest BCUT2D eigenvalue weighted by Crippen LogP contribution is -2.31. The van der Waals surface area contributed by atoms with Crippen molar-refractivity contribution in [1.29, 1.82) is 0 Å². The first-order valence-electron chi connectivity index (χ1n) is 3.02. The second-order valence-electron chi connectivity index (χ2n) is 1.92. The standard InChI is InChI=1S/C6H10BrNO/c7-1-2-8-3-5-9-6-4-8/h1-2H,3-6H2. The van der Waals surface area contributed by atoms with E-state index in [2.05, 4.69) is 20.8 Å². The first-order valence-corrected chi connectivity index (χ1v) is 3.94. The quantitative estimate of drug-likeness (QED) is 0.618. The van der Waals surface area contributed by atoms with E-state index in [1.807, 2.05) is 11.2 Å². The van der Waals surface area contributed by atoms with Crippen LogP contribution < -0.4 is 0 Å². The van der Waals surface area contributed by atoms with E-state index < -0.39 is 0 Å². The van der Waals surface area contributed by atoms with Gasteiger partial charge in [0.05, 0.1) is 13.2 Å². The van der Waals surface area contributed by atoms with Gasteiger partial charge in [0.1, 0.15) is 0 Å². The lowest BCUT2D eigenvalue weighted by Gasteiger charge is -2.24. The fraction of sp³-hybridized carbons (Fsp3) is 0.667. The monoisotopic (exact) mass is 191 g/mol. The second kappa shape index (κ2) is 3.90. The highest BCUT2D eigenvalue weighted by Crippen LogP contribution is 1.97. The molecule has 0 aromatic rings. The third-order valence-corrected chi connectivity index (χ3v) is 1.55. The van der Waals surface area contributed by atoms with Crippen LogP contribution in [0.3, 0.4) is 0 Å². The molecule has 0 radical (unpaired) electrons. The van der Waals surface area contributed by atoms with Gasteiger partial charge >= 0.3 is 0 Å². The maximum Gasteiger partial charge on any atom is 0.0642 e. The average Bonchev–Trinajstić information content (AvgIpc) is 1.91. The zero-order valence-corrected chi connectivity index (χ0v) is 6.80. The Bertz CT molecular complexity index is 99.2. The van der Waals surface area contributed by atoms with Crippen molar-refractivity contribution >= 4 is 15.9 Å². The largest absolute Gasteiger partial charge is 0.378 e. The molecule has 0 aromatic heterocycles. The van der Waals surface area contributed by atoms with Crippen molar-refractivity contribution in [2.75, 3.05) is 26.3 Å². The van der Waals surface area contributed by atoms with Gasteiger partial charge in [-0.05, 0) is 4.99 Å². The number of hydrogen-bond acceptors (Lipinski definition) is 2. The molecule has 9 heavy (non-hydrogen) atoms. The van der Waals surface area contributed by atoms with Crippen molar-refractivity contribution < 1.29 is 4.74 Å². The summed E-state index contributed by atoms with van der Waals surface area (Å²) in [5.41, 5.74) is 0. The normalized spacial score (nSPS) is 21.2. The van der Waals surface area contributed by atoms with Gasteiger partial charge in [0.25, 0.3) is 0 Å². The lowest BCUT2D eigenvalue weighted by atomic mass is 10.5. The molecule has 0 aromatic carbocycles. The van der Waals surface area contributed by atoms with E-state index in [9.17, 15) is 0 Å². The molecular weight excluding hydrogens is 182 g/mol. The molecule has 1 aliphatic rings. The molecule has 1 saturated heterocycles. The van der Waals surface area contributed by atoms with Crippen LogP contribution in [0, 0.1) is 0 Å². The highest BCUT2D eigenvalue weighted by Gasteiger charge is 2.03. The first-order chi connectivity index (χ1) is 4.43. The molecule has 0 unspecified atom stereocenters. The van der Waals surface area contributed by atoms with Crippen LogP contribution in [-0.2, 0) is 4.74 Å². The minimum atomic E-state index is 0.858. The summed E-state index contributed by atoms with van der Waals surface area (Å²) in [5.74, 6) is 0. The number of halogens is 1. The Balaban J connectivity index is 2.23. The molecule has 1 fully saturated rings. The van der Waals surface area contributed by atoms with Crippen molar-refractivity contribution in [2.24, 2.45) is 0 Å². The van der Waals surface area contributed by atoms with Crippen LogP contribution in [0.25, 0.3) is 0 Å². The Morgan fingerprint density at radius 1 is 1.33 bits per heavy atom. The summed E-state index contributed by atoms with van der Waals surface area (Å²) in [6, 6.07) is 0. The number of ether oxygens (including phenoxy) is 1. The zero-order chi connectivity index (χ0) is 6.53. The molecule has 0 bridgehead atoms. The molecule has 0 spiro atoms. The van der Waals surface area contributed by atoms with Crippen molar-refractivity contribution in [3.63, 3.8) is 0 Å². The minimum Gasteiger partial charge on any atom is -0.378 e. The third kappa shape index (κ3) is 2.37. The Kier molecular flexibility index (Phi) is 3.08. The molecule has 0 N–H and O–H groups in total. The fourth-order valence-electron chi connectivity index (χ4n) is 0.806. The van der Waals surface area contributed by atoms with E-state index in [-0.39, 0.29) is 0 Å². The number of hydrogen-bond donors (Lipinski definition) is 0. The van der Waals surface area contributed by atoms with E-state index >= 15 is 0 Å². The number of morpholine rings is 1. The average molecular weight is 192 g/mol. The molecule has 1 rings (SSSR count). The van der Waals surface area contributed by atoms with Gasteiger partial charge in [0.15, 0.2) is 0 Å². The third-order valence-electron chi connectivity index (χ3n) is 1.31. The first kappa shape index (κ1) is 7.09. The van der Waals surface area contributed by atoms with Crippen LogP contribution in [0.2, 0.25) is 0 Å². The molecule has 0 aliphatic carbocycles. The highest BCUT2D eigenvalue weighted by atomic mass is 79.9. The smallest absolute Gasteiger partial charge is 0.0642 e. The Labute approximate surface area is 63.6 Å². The van der Waals surface area contributed by atoms with Gasteiger partial charge in [-0.25, -0.2) is 0 Å². The van der Waals surface area contributed by atoms with Crippen LogP contribution in [0.15, 0.2) is 11.2 Å². The second-order valence-corrected chi connectivity index (χ2v) is 2.45. The minimum absolute atomic E-state index is 0.858. The van der Waals surface area contributed by atoms with Crippen molar-refractivity contribution in [3.8, 4) is 0 Å². The van der Waals surface area contributed by atoms with Gasteiger partial charge in [0, 0.05) is 19.3 Å². The van der Waals surface area contributed by atoms with Crippen LogP contribution in [0.4, 0.5) is 0 Å². The molecule has 1 aliphatic heterocycles. The predicted octanol–water partition coefficient (Wildman–Crippen LogP) is 1.18. The van der Waals surface area contributed by atoms with E-state index in [4.69, 9.17) is 4.74 Å². The molecule has 0 amide bonds. The molecule has 0 atom stereocenters. The molecule has 2 nitrogen and oxygen atoms in total. The topological polar surface area (TPSA) is 12.5 Å². The molecule has 52 valence electrons. The Morgan fingerprint density at radius 3 is 2.56 bits per heavy atom. The Hall–Kier alpha value is -0.0200. The lowest BCUT2D eigenvalue weighted by molar-refractivity contribution is 0.0595. The summed E-state index contributed by atoms with van der Waals surface area (Å²) in [5, 5.41) is 0. The van der Waals surface area contributed by atoms with Crippen molar-refractivity contribution in [2.45, 2.75) is 0 Å². The number of rotatable bonds is 1. The van der Waals surface area contributed by atoms with Crippen LogP contribution in [-0.4, -0.2) is 31.2 Å². The molecule has 0 saturated carbocycles. The maximum absolute atomic E-state index is 5.16. The van der Waals surface area contributed by atoms with Crippen molar-refractivity contribution in [1.82, 2.24) is 4.90 Å². The predicted molar refractivity (Wildman–Crippen MR) is 40.5 cm³/mol. The van der Waals surface area contributed by atoms with Crippen LogP contribution in [0.5, 0.6) is 0 Å². The van der Waals surface area contributed by atoms with E-state index in [0.29, 0.717) is 0 Å².